The number of hydrogen-bond donors (Lipinski definition) is 1. The van der Waals surface area contributed by atoms with Crippen LogP contribution in [-0.4, -0.2) is 48.7 Å². The van der Waals surface area contributed by atoms with Gasteiger partial charge in [0.2, 0.25) is 0 Å². The molecule has 1 aromatic carbocycles. The molecule has 1 aliphatic carbocycles. The maximum absolute atomic E-state index is 12.9. The fourth-order valence-electron chi connectivity index (χ4n) is 4.10. The van der Waals surface area contributed by atoms with Gasteiger partial charge in [-0.25, -0.2) is 0 Å². The molecule has 1 aromatic rings. The van der Waals surface area contributed by atoms with Crippen molar-refractivity contribution in [2.75, 3.05) is 26.8 Å². The van der Waals surface area contributed by atoms with E-state index in [4.69, 9.17) is 21.1 Å². The number of aliphatic carboxylic acids is 1. The molecule has 0 bridgehead atoms. The Morgan fingerprint density at radius 1 is 1.44 bits per heavy atom. The summed E-state index contributed by atoms with van der Waals surface area (Å²) in [4.78, 5) is 26.3. The summed E-state index contributed by atoms with van der Waals surface area (Å²) in [6, 6.07) is 3.15. The molecule has 0 radical (unpaired) electrons. The van der Waals surface area contributed by atoms with Crippen LogP contribution in [0.5, 0.6) is 11.5 Å². The van der Waals surface area contributed by atoms with Gasteiger partial charge >= 0.3 is 5.97 Å². The van der Waals surface area contributed by atoms with E-state index in [1.807, 2.05) is 6.92 Å². The standard InChI is InChI=1S/C18H22ClNO5/c1-3-25-15-13(19)7-11(8-14(15)24-2)16(21)20-9-12-5-4-6-18(12,10-20)17(22)23/h7-8,12H,3-6,9-10H2,1-2H3,(H,22,23)/t12-,18+/m0/s1. The van der Waals surface area contributed by atoms with Crippen LogP contribution in [0.15, 0.2) is 12.1 Å². The first kappa shape index (κ1) is 17.9. The molecule has 1 amide bonds. The summed E-state index contributed by atoms with van der Waals surface area (Å²) in [5.74, 6) is -0.201. The molecule has 3 rings (SSSR count). The van der Waals surface area contributed by atoms with Crippen molar-refractivity contribution in [2.45, 2.75) is 26.2 Å². The summed E-state index contributed by atoms with van der Waals surface area (Å²) in [6.45, 7) is 2.98. The maximum atomic E-state index is 12.9. The number of benzene rings is 1. The quantitative estimate of drug-likeness (QED) is 0.865. The van der Waals surface area contributed by atoms with Crippen LogP contribution in [-0.2, 0) is 4.79 Å². The summed E-state index contributed by atoms with van der Waals surface area (Å²) in [7, 11) is 1.49. The number of carboxylic acid groups (broad SMARTS) is 1. The highest BCUT2D eigenvalue weighted by Gasteiger charge is 2.55. The zero-order valence-electron chi connectivity index (χ0n) is 14.4. The number of ether oxygens (including phenoxy) is 2. The molecule has 1 N–H and O–H groups in total. The molecule has 2 atom stereocenters. The number of nitrogens with zero attached hydrogens (tertiary/aromatic N) is 1. The van der Waals surface area contributed by atoms with E-state index in [0.717, 1.165) is 12.8 Å². The summed E-state index contributed by atoms with van der Waals surface area (Å²) < 4.78 is 10.8. The minimum absolute atomic E-state index is 0.0222. The monoisotopic (exact) mass is 367 g/mol. The Balaban J connectivity index is 1.87. The third kappa shape index (κ3) is 2.92. The van der Waals surface area contributed by atoms with Crippen molar-refractivity contribution < 1.29 is 24.2 Å². The molecule has 0 spiro atoms. The average Bonchev–Trinajstić information content (AvgIpc) is 3.14. The number of carbonyl (C=O) groups is 2. The van der Waals surface area contributed by atoms with Crippen molar-refractivity contribution in [3.05, 3.63) is 22.7 Å². The zero-order valence-corrected chi connectivity index (χ0v) is 15.1. The van der Waals surface area contributed by atoms with Crippen LogP contribution in [0.4, 0.5) is 0 Å². The summed E-state index contributed by atoms with van der Waals surface area (Å²) in [5, 5.41) is 9.97. The number of halogens is 1. The van der Waals surface area contributed by atoms with Gasteiger partial charge in [-0.1, -0.05) is 18.0 Å². The van der Waals surface area contributed by atoms with E-state index >= 15 is 0 Å². The van der Waals surface area contributed by atoms with Gasteiger partial charge in [-0.05, 0) is 37.8 Å². The van der Waals surface area contributed by atoms with Gasteiger partial charge in [0.25, 0.3) is 5.91 Å². The molecule has 1 saturated carbocycles. The van der Waals surface area contributed by atoms with Crippen LogP contribution in [0.1, 0.15) is 36.5 Å². The van der Waals surface area contributed by atoms with Crippen LogP contribution in [0.3, 0.4) is 0 Å². The predicted octanol–water partition coefficient (Wildman–Crippen LogP) is 3.07. The lowest BCUT2D eigenvalue weighted by molar-refractivity contribution is -0.149. The SMILES string of the molecule is CCOc1c(Cl)cc(C(=O)N2C[C@@H]3CCC[C@@]3(C(=O)O)C2)cc1OC. The largest absolute Gasteiger partial charge is 0.493 e. The average molecular weight is 368 g/mol. The molecular formula is C18H22ClNO5. The molecule has 2 fully saturated rings. The minimum atomic E-state index is -0.799. The molecule has 1 heterocycles. The van der Waals surface area contributed by atoms with E-state index in [1.165, 1.54) is 7.11 Å². The molecule has 1 saturated heterocycles. The van der Waals surface area contributed by atoms with E-state index in [9.17, 15) is 14.7 Å². The first-order valence-electron chi connectivity index (χ1n) is 8.46. The number of hydrogen-bond acceptors (Lipinski definition) is 4. The molecule has 1 aliphatic heterocycles. The Kier molecular flexibility index (Phi) is 4.82. The Hall–Kier alpha value is -1.95. The fraction of sp³-hybridized carbons (Fsp3) is 0.556. The number of carboxylic acids is 1. The lowest BCUT2D eigenvalue weighted by atomic mass is 9.81. The van der Waals surface area contributed by atoms with Gasteiger partial charge in [0.05, 0.1) is 24.2 Å². The number of fused-ring (bicyclic) bond motifs is 1. The van der Waals surface area contributed by atoms with Crippen LogP contribution in [0.2, 0.25) is 5.02 Å². The Morgan fingerprint density at radius 3 is 2.80 bits per heavy atom. The highest BCUT2D eigenvalue weighted by Crippen LogP contribution is 2.49. The van der Waals surface area contributed by atoms with E-state index in [0.29, 0.717) is 41.7 Å². The molecule has 6 nitrogen and oxygen atoms in total. The number of methoxy groups -OCH3 is 1. The Bertz CT molecular complexity index is 707. The first-order chi connectivity index (χ1) is 11.9. The van der Waals surface area contributed by atoms with Gasteiger partial charge < -0.3 is 19.5 Å². The summed E-state index contributed by atoms with van der Waals surface area (Å²) in [5.41, 5.74) is -0.416. The van der Waals surface area contributed by atoms with Gasteiger partial charge in [0.15, 0.2) is 11.5 Å². The van der Waals surface area contributed by atoms with Gasteiger partial charge in [-0.15, -0.1) is 0 Å². The fourth-order valence-corrected chi connectivity index (χ4v) is 4.37. The molecule has 25 heavy (non-hydrogen) atoms. The van der Waals surface area contributed by atoms with Crippen molar-refractivity contribution in [3.8, 4) is 11.5 Å². The second kappa shape index (κ2) is 6.75. The van der Waals surface area contributed by atoms with E-state index in [2.05, 4.69) is 0 Å². The third-order valence-corrected chi connectivity index (χ3v) is 5.63. The Morgan fingerprint density at radius 2 is 2.20 bits per heavy atom. The molecule has 136 valence electrons. The molecule has 0 unspecified atom stereocenters. The highest BCUT2D eigenvalue weighted by atomic mass is 35.5. The van der Waals surface area contributed by atoms with Gasteiger partial charge in [0.1, 0.15) is 0 Å². The van der Waals surface area contributed by atoms with Crippen molar-refractivity contribution in [3.63, 3.8) is 0 Å². The maximum Gasteiger partial charge on any atom is 0.311 e. The first-order valence-corrected chi connectivity index (χ1v) is 8.83. The van der Waals surface area contributed by atoms with E-state index in [1.54, 1.807) is 17.0 Å². The molecule has 7 heteroatoms. The second-order valence-electron chi connectivity index (χ2n) is 6.66. The number of amides is 1. The molecule has 0 aromatic heterocycles. The topological polar surface area (TPSA) is 76.1 Å². The van der Waals surface area contributed by atoms with Crippen LogP contribution in [0.25, 0.3) is 0 Å². The molecule has 2 aliphatic rings. The van der Waals surface area contributed by atoms with Crippen LogP contribution < -0.4 is 9.47 Å². The van der Waals surface area contributed by atoms with Crippen LogP contribution >= 0.6 is 11.6 Å². The number of likely N-dealkylation sites (tertiary alicyclic amines) is 1. The predicted molar refractivity (Wildman–Crippen MR) is 92.5 cm³/mol. The minimum Gasteiger partial charge on any atom is -0.493 e. The Labute approximate surface area is 151 Å². The van der Waals surface area contributed by atoms with Crippen molar-refractivity contribution >= 4 is 23.5 Å². The number of rotatable bonds is 5. The number of carbonyl (C=O) groups excluding carboxylic acids is 1. The van der Waals surface area contributed by atoms with Crippen molar-refractivity contribution in [1.82, 2.24) is 4.90 Å². The summed E-state index contributed by atoms with van der Waals surface area (Å²) >= 11 is 6.25. The lowest BCUT2D eigenvalue weighted by Gasteiger charge is -2.23. The zero-order chi connectivity index (χ0) is 18.2. The molecular weight excluding hydrogens is 346 g/mol. The van der Waals surface area contributed by atoms with Gasteiger partial charge in [0, 0.05) is 18.7 Å². The normalized spacial score (nSPS) is 24.9. The summed E-state index contributed by atoms with van der Waals surface area (Å²) in [6.07, 6.45) is 2.38. The van der Waals surface area contributed by atoms with Gasteiger partial charge in [-0.3, -0.25) is 9.59 Å². The van der Waals surface area contributed by atoms with Gasteiger partial charge in [-0.2, -0.15) is 0 Å². The lowest BCUT2D eigenvalue weighted by Crippen LogP contribution is -2.37. The van der Waals surface area contributed by atoms with Crippen molar-refractivity contribution in [2.24, 2.45) is 11.3 Å². The van der Waals surface area contributed by atoms with Crippen molar-refractivity contribution in [1.29, 1.82) is 0 Å². The van der Waals surface area contributed by atoms with E-state index < -0.39 is 11.4 Å². The smallest absolute Gasteiger partial charge is 0.311 e. The van der Waals surface area contributed by atoms with Crippen LogP contribution in [0, 0.1) is 11.3 Å². The highest BCUT2D eigenvalue weighted by molar-refractivity contribution is 6.32. The second-order valence-corrected chi connectivity index (χ2v) is 7.07. The third-order valence-electron chi connectivity index (χ3n) is 5.35. The van der Waals surface area contributed by atoms with E-state index in [-0.39, 0.29) is 18.4 Å².